The second kappa shape index (κ2) is 10.9. The maximum atomic E-state index is 12.6. The van der Waals surface area contributed by atoms with Crippen LogP contribution < -0.4 is 10.9 Å². The summed E-state index contributed by atoms with van der Waals surface area (Å²) in [7, 11) is 0. The quantitative estimate of drug-likeness (QED) is 0.480. The SMILES string of the molecule is CCCCc1ccc(C(NC(=O)CCCc2nc3ccccc3c(=O)[nH]2)C(C)C)cc1. The van der Waals surface area contributed by atoms with Crippen molar-refractivity contribution in [2.45, 2.75) is 65.3 Å². The van der Waals surface area contributed by atoms with E-state index in [2.05, 4.69) is 60.3 Å². The number of rotatable bonds is 10. The van der Waals surface area contributed by atoms with Crippen molar-refractivity contribution in [3.05, 3.63) is 75.8 Å². The lowest BCUT2D eigenvalue weighted by atomic mass is 9.94. The van der Waals surface area contributed by atoms with Gasteiger partial charge in [0.05, 0.1) is 16.9 Å². The number of H-pyrrole nitrogens is 1. The largest absolute Gasteiger partial charge is 0.349 e. The van der Waals surface area contributed by atoms with Gasteiger partial charge in [-0.2, -0.15) is 0 Å². The first kappa shape index (κ1) is 22.7. The average Bonchev–Trinajstić information content (AvgIpc) is 2.76. The fourth-order valence-electron chi connectivity index (χ4n) is 3.82. The Hall–Kier alpha value is -2.95. The van der Waals surface area contributed by atoms with Gasteiger partial charge in [-0.05, 0) is 48.4 Å². The summed E-state index contributed by atoms with van der Waals surface area (Å²) in [6, 6.07) is 15.9. The van der Waals surface area contributed by atoms with Gasteiger partial charge in [-0.1, -0.05) is 63.6 Å². The van der Waals surface area contributed by atoms with Crippen molar-refractivity contribution < 1.29 is 4.79 Å². The maximum absolute atomic E-state index is 12.6. The molecule has 1 amide bonds. The van der Waals surface area contributed by atoms with Gasteiger partial charge in [0.2, 0.25) is 5.91 Å². The van der Waals surface area contributed by atoms with Crippen LogP contribution in [-0.4, -0.2) is 15.9 Å². The second-order valence-corrected chi connectivity index (χ2v) is 8.52. The molecule has 1 unspecified atom stereocenters. The molecule has 0 radical (unpaired) electrons. The van der Waals surface area contributed by atoms with Crippen molar-refractivity contribution in [2.75, 3.05) is 0 Å². The number of amides is 1. The van der Waals surface area contributed by atoms with Crippen molar-refractivity contribution in [1.82, 2.24) is 15.3 Å². The lowest BCUT2D eigenvalue weighted by Gasteiger charge is -2.23. The van der Waals surface area contributed by atoms with Gasteiger partial charge in [0.25, 0.3) is 5.56 Å². The molecule has 0 spiro atoms. The van der Waals surface area contributed by atoms with Crippen LogP contribution in [0.3, 0.4) is 0 Å². The zero-order chi connectivity index (χ0) is 22.2. The number of hydrogen-bond donors (Lipinski definition) is 2. The van der Waals surface area contributed by atoms with Gasteiger partial charge in [-0.3, -0.25) is 9.59 Å². The molecule has 1 aromatic heterocycles. The topological polar surface area (TPSA) is 74.8 Å². The third kappa shape index (κ3) is 6.27. The van der Waals surface area contributed by atoms with Gasteiger partial charge in [0.1, 0.15) is 5.82 Å². The summed E-state index contributed by atoms with van der Waals surface area (Å²) in [5.41, 5.74) is 3.04. The molecule has 0 aliphatic carbocycles. The number of aromatic nitrogens is 2. The summed E-state index contributed by atoms with van der Waals surface area (Å²) in [5, 5.41) is 3.78. The van der Waals surface area contributed by atoms with E-state index in [0.717, 1.165) is 12.0 Å². The molecule has 2 aromatic carbocycles. The molecule has 0 saturated heterocycles. The van der Waals surface area contributed by atoms with Gasteiger partial charge in [-0.25, -0.2) is 4.98 Å². The number of aryl methyl sites for hydroxylation is 2. The molecule has 5 heteroatoms. The number of unbranched alkanes of at least 4 members (excludes halogenated alkanes) is 1. The number of nitrogens with zero attached hydrogens (tertiary/aromatic N) is 1. The lowest BCUT2D eigenvalue weighted by molar-refractivity contribution is -0.122. The standard InChI is InChI=1S/C26H33N3O2/c1-4-5-9-19-14-16-20(17-15-19)25(18(2)3)29-24(30)13-8-12-23-27-22-11-7-6-10-21(22)26(31)28-23/h6-7,10-11,14-18,25H,4-5,8-9,12-13H2,1-3H3,(H,29,30)(H,27,28,31). The molecule has 3 aromatic rings. The predicted molar refractivity (Wildman–Crippen MR) is 126 cm³/mol. The van der Waals surface area contributed by atoms with E-state index in [4.69, 9.17) is 0 Å². The molecule has 1 atom stereocenters. The first-order chi connectivity index (χ1) is 15.0. The minimum absolute atomic E-state index is 0.00803. The van der Waals surface area contributed by atoms with E-state index < -0.39 is 0 Å². The first-order valence-corrected chi connectivity index (χ1v) is 11.3. The summed E-state index contributed by atoms with van der Waals surface area (Å²) in [5.74, 6) is 0.945. The molecule has 2 N–H and O–H groups in total. The monoisotopic (exact) mass is 419 g/mol. The highest BCUT2D eigenvalue weighted by molar-refractivity contribution is 5.77. The van der Waals surface area contributed by atoms with E-state index in [0.29, 0.717) is 41.9 Å². The summed E-state index contributed by atoms with van der Waals surface area (Å²) in [6.07, 6.45) is 5.07. The molecule has 0 saturated carbocycles. The van der Waals surface area contributed by atoms with Gasteiger partial charge >= 0.3 is 0 Å². The van der Waals surface area contributed by atoms with E-state index in [1.165, 1.54) is 18.4 Å². The number of aromatic amines is 1. The van der Waals surface area contributed by atoms with Crippen LogP contribution in [0.2, 0.25) is 0 Å². The number of para-hydroxylation sites is 1. The molecular weight excluding hydrogens is 386 g/mol. The van der Waals surface area contributed by atoms with Crippen molar-refractivity contribution >= 4 is 16.8 Å². The minimum Gasteiger partial charge on any atom is -0.349 e. The Bertz CT molecular complexity index is 1050. The number of carbonyl (C=O) groups excluding carboxylic acids is 1. The van der Waals surface area contributed by atoms with Gasteiger partial charge in [0, 0.05) is 12.8 Å². The van der Waals surface area contributed by atoms with Crippen LogP contribution in [0.15, 0.2) is 53.3 Å². The smallest absolute Gasteiger partial charge is 0.258 e. The van der Waals surface area contributed by atoms with Gasteiger partial charge in [-0.15, -0.1) is 0 Å². The van der Waals surface area contributed by atoms with Crippen molar-refractivity contribution in [1.29, 1.82) is 0 Å². The van der Waals surface area contributed by atoms with E-state index in [-0.39, 0.29) is 17.5 Å². The summed E-state index contributed by atoms with van der Waals surface area (Å²) < 4.78 is 0. The molecule has 0 fully saturated rings. The Kier molecular flexibility index (Phi) is 7.99. The third-order valence-corrected chi connectivity index (χ3v) is 5.62. The van der Waals surface area contributed by atoms with E-state index in [1.807, 2.05) is 18.2 Å². The molecule has 1 heterocycles. The number of hydrogen-bond acceptors (Lipinski definition) is 3. The molecule has 0 aliphatic heterocycles. The van der Waals surface area contributed by atoms with Crippen LogP contribution >= 0.6 is 0 Å². The summed E-state index contributed by atoms with van der Waals surface area (Å²) in [6.45, 7) is 6.45. The highest BCUT2D eigenvalue weighted by atomic mass is 16.1. The van der Waals surface area contributed by atoms with Crippen molar-refractivity contribution in [3.63, 3.8) is 0 Å². The Morgan fingerprint density at radius 3 is 2.48 bits per heavy atom. The number of carbonyl (C=O) groups is 1. The maximum Gasteiger partial charge on any atom is 0.258 e. The minimum atomic E-state index is -0.132. The Labute approximate surface area is 184 Å². The highest BCUT2D eigenvalue weighted by Crippen LogP contribution is 2.23. The summed E-state index contributed by atoms with van der Waals surface area (Å²) in [4.78, 5) is 32.1. The fourth-order valence-corrected chi connectivity index (χ4v) is 3.82. The Morgan fingerprint density at radius 1 is 1.03 bits per heavy atom. The van der Waals surface area contributed by atoms with Crippen LogP contribution in [0.1, 0.15) is 69.4 Å². The predicted octanol–water partition coefficient (Wildman–Crippen LogP) is 5.10. The van der Waals surface area contributed by atoms with Crippen LogP contribution in [0.4, 0.5) is 0 Å². The Morgan fingerprint density at radius 2 is 1.77 bits per heavy atom. The van der Waals surface area contributed by atoms with Crippen LogP contribution in [0, 0.1) is 5.92 Å². The average molecular weight is 420 g/mol. The van der Waals surface area contributed by atoms with Crippen molar-refractivity contribution in [2.24, 2.45) is 5.92 Å². The lowest BCUT2D eigenvalue weighted by Crippen LogP contribution is -2.31. The zero-order valence-corrected chi connectivity index (χ0v) is 18.8. The number of benzene rings is 2. The van der Waals surface area contributed by atoms with Gasteiger partial charge in [0.15, 0.2) is 0 Å². The molecule has 164 valence electrons. The number of nitrogens with one attached hydrogen (secondary N) is 2. The molecule has 31 heavy (non-hydrogen) atoms. The van der Waals surface area contributed by atoms with E-state index >= 15 is 0 Å². The van der Waals surface area contributed by atoms with Gasteiger partial charge < -0.3 is 10.3 Å². The van der Waals surface area contributed by atoms with E-state index in [9.17, 15) is 9.59 Å². The van der Waals surface area contributed by atoms with Crippen LogP contribution in [0.5, 0.6) is 0 Å². The number of fused-ring (bicyclic) bond motifs is 1. The normalized spacial score (nSPS) is 12.3. The molecular formula is C26H33N3O2. The zero-order valence-electron chi connectivity index (χ0n) is 18.8. The summed E-state index contributed by atoms with van der Waals surface area (Å²) >= 11 is 0. The third-order valence-electron chi connectivity index (χ3n) is 5.62. The van der Waals surface area contributed by atoms with E-state index in [1.54, 1.807) is 6.07 Å². The molecule has 0 bridgehead atoms. The van der Waals surface area contributed by atoms with Crippen LogP contribution in [0.25, 0.3) is 10.9 Å². The molecule has 3 rings (SSSR count). The molecule has 0 aliphatic rings. The van der Waals surface area contributed by atoms with Crippen LogP contribution in [-0.2, 0) is 17.6 Å². The highest BCUT2D eigenvalue weighted by Gasteiger charge is 2.18. The fraction of sp³-hybridized carbons (Fsp3) is 0.423. The second-order valence-electron chi connectivity index (χ2n) is 8.52. The molecule has 5 nitrogen and oxygen atoms in total. The Balaban J connectivity index is 1.56. The van der Waals surface area contributed by atoms with Crippen molar-refractivity contribution in [3.8, 4) is 0 Å². The first-order valence-electron chi connectivity index (χ1n) is 11.3.